The summed E-state index contributed by atoms with van der Waals surface area (Å²) in [5.74, 6) is 2.23. The predicted molar refractivity (Wildman–Crippen MR) is 120 cm³/mol. The molecule has 4 aromatic rings. The largest absolute Gasteiger partial charge is 0.493 e. The highest BCUT2D eigenvalue weighted by Gasteiger charge is 2.09. The van der Waals surface area contributed by atoms with Crippen LogP contribution < -0.4 is 14.8 Å². The molecule has 154 valence electrons. The summed E-state index contributed by atoms with van der Waals surface area (Å²) in [6.07, 6.45) is 0. The van der Waals surface area contributed by atoms with Gasteiger partial charge in [-0.25, -0.2) is 4.98 Å². The van der Waals surface area contributed by atoms with Gasteiger partial charge in [-0.05, 0) is 42.0 Å². The van der Waals surface area contributed by atoms with Gasteiger partial charge >= 0.3 is 0 Å². The number of rotatable bonds is 8. The lowest BCUT2D eigenvalue weighted by molar-refractivity contribution is 0.284. The van der Waals surface area contributed by atoms with Crippen LogP contribution in [0.15, 0.2) is 60.7 Å². The van der Waals surface area contributed by atoms with Crippen LogP contribution in [0.25, 0.3) is 11.0 Å². The molecular formula is C23H21Cl2N3O2. The minimum atomic E-state index is 0.329. The first-order chi connectivity index (χ1) is 14.6. The summed E-state index contributed by atoms with van der Waals surface area (Å²) in [5, 5.41) is 4.57. The molecule has 0 unspecified atom stereocenters. The van der Waals surface area contributed by atoms with Gasteiger partial charge in [-0.1, -0.05) is 47.5 Å². The lowest BCUT2D eigenvalue weighted by Crippen LogP contribution is -2.13. The van der Waals surface area contributed by atoms with Gasteiger partial charge in [0.1, 0.15) is 12.4 Å². The van der Waals surface area contributed by atoms with Crippen LogP contribution in [0.3, 0.4) is 0 Å². The first-order valence-electron chi connectivity index (χ1n) is 9.50. The third kappa shape index (κ3) is 4.87. The Labute approximate surface area is 184 Å². The lowest BCUT2D eigenvalue weighted by Gasteiger charge is -2.13. The molecule has 0 saturated heterocycles. The van der Waals surface area contributed by atoms with Crippen LogP contribution in [0.4, 0.5) is 0 Å². The number of imidazole rings is 1. The third-order valence-corrected chi connectivity index (χ3v) is 5.27. The normalized spacial score (nSPS) is 11.0. The molecule has 4 rings (SSSR count). The molecule has 0 aliphatic carbocycles. The highest BCUT2D eigenvalue weighted by atomic mass is 35.5. The van der Waals surface area contributed by atoms with Crippen LogP contribution in [0.5, 0.6) is 11.5 Å². The SMILES string of the molecule is COc1cc(CNCc2nc3ccccc3[nH]2)ccc1OCc1ccc(Cl)cc1Cl. The molecule has 7 heteroatoms. The molecule has 0 aliphatic heterocycles. The number of fused-ring (bicyclic) bond motifs is 1. The van der Waals surface area contributed by atoms with Crippen molar-refractivity contribution in [2.24, 2.45) is 0 Å². The summed E-state index contributed by atoms with van der Waals surface area (Å²) >= 11 is 12.2. The fraction of sp³-hybridized carbons (Fsp3) is 0.174. The summed E-state index contributed by atoms with van der Waals surface area (Å²) < 4.78 is 11.4. The summed E-state index contributed by atoms with van der Waals surface area (Å²) in [7, 11) is 1.63. The van der Waals surface area contributed by atoms with Gasteiger partial charge in [-0.15, -0.1) is 0 Å². The molecule has 1 aromatic heterocycles. The zero-order valence-electron chi connectivity index (χ0n) is 16.4. The second kappa shape index (κ2) is 9.39. The van der Waals surface area contributed by atoms with Gasteiger partial charge in [-0.3, -0.25) is 0 Å². The number of hydrogen-bond acceptors (Lipinski definition) is 4. The van der Waals surface area contributed by atoms with Gasteiger partial charge in [0.05, 0.1) is 24.7 Å². The van der Waals surface area contributed by atoms with Crippen LogP contribution in [-0.4, -0.2) is 17.1 Å². The predicted octanol–water partition coefficient (Wildman–Crippen LogP) is 5.75. The molecule has 30 heavy (non-hydrogen) atoms. The number of para-hydroxylation sites is 2. The number of ether oxygens (including phenoxy) is 2. The number of nitrogens with zero attached hydrogens (tertiary/aromatic N) is 1. The molecule has 5 nitrogen and oxygen atoms in total. The average Bonchev–Trinajstić information content (AvgIpc) is 3.16. The van der Waals surface area contributed by atoms with E-state index in [1.165, 1.54) is 0 Å². The van der Waals surface area contributed by atoms with E-state index in [9.17, 15) is 0 Å². The zero-order valence-corrected chi connectivity index (χ0v) is 17.9. The Bertz CT molecular complexity index is 1130. The van der Waals surface area contributed by atoms with Gasteiger partial charge in [0.2, 0.25) is 0 Å². The van der Waals surface area contributed by atoms with Crippen LogP contribution in [0.2, 0.25) is 10.0 Å². The Morgan fingerprint density at radius 3 is 2.63 bits per heavy atom. The monoisotopic (exact) mass is 441 g/mol. The van der Waals surface area contributed by atoms with Gasteiger partial charge in [0.15, 0.2) is 11.5 Å². The molecule has 2 N–H and O–H groups in total. The van der Waals surface area contributed by atoms with Crippen molar-refractivity contribution in [2.45, 2.75) is 19.7 Å². The van der Waals surface area contributed by atoms with E-state index in [1.54, 1.807) is 19.2 Å². The van der Waals surface area contributed by atoms with E-state index in [0.717, 1.165) is 28.0 Å². The molecule has 3 aromatic carbocycles. The Morgan fingerprint density at radius 2 is 1.83 bits per heavy atom. The maximum Gasteiger partial charge on any atom is 0.161 e. The molecule has 0 aliphatic rings. The first kappa shape index (κ1) is 20.5. The average molecular weight is 442 g/mol. The Balaban J connectivity index is 1.36. The smallest absolute Gasteiger partial charge is 0.161 e. The van der Waals surface area contributed by atoms with Crippen molar-refractivity contribution in [2.75, 3.05) is 7.11 Å². The minimum absolute atomic E-state index is 0.329. The molecule has 0 amide bonds. The van der Waals surface area contributed by atoms with Crippen molar-refractivity contribution in [3.63, 3.8) is 0 Å². The number of nitrogens with one attached hydrogen (secondary N) is 2. The molecule has 0 atom stereocenters. The van der Waals surface area contributed by atoms with E-state index in [4.69, 9.17) is 32.7 Å². The Kier molecular flexibility index (Phi) is 6.43. The van der Waals surface area contributed by atoms with E-state index in [0.29, 0.717) is 41.2 Å². The molecule has 0 spiro atoms. The maximum absolute atomic E-state index is 6.22. The molecule has 0 fully saturated rings. The third-order valence-electron chi connectivity index (χ3n) is 4.69. The van der Waals surface area contributed by atoms with Crippen LogP contribution in [0.1, 0.15) is 17.0 Å². The summed E-state index contributed by atoms with van der Waals surface area (Å²) in [6.45, 7) is 1.65. The van der Waals surface area contributed by atoms with Crippen molar-refractivity contribution in [1.29, 1.82) is 0 Å². The van der Waals surface area contributed by atoms with Crippen molar-refractivity contribution >= 4 is 34.2 Å². The fourth-order valence-corrected chi connectivity index (χ4v) is 3.61. The number of H-pyrrole nitrogens is 1. The molecular weight excluding hydrogens is 421 g/mol. The van der Waals surface area contributed by atoms with Crippen molar-refractivity contribution in [3.05, 3.63) is 87.7 Å². The maximum atomic E-state index is 6.22. The number of methoxy groups -OCH3 is 1. The van der Waals surface area contributed by atoms with Crippen molar-refractivity contribution < 1.29 is 9.47 Å². The number of halogens is 2. The van der Waals surface area contributed by atoms with Crippen LogP contribution in [0, 0.1) is 0 Å². The second-order valence-electron chi connectivity index (χ2n) is 6.81. The van der Waals surface area contributed by atoms with E-state index >= 15 is 0 Å². The number of hydrogen-bond donors (Lipinski definition) is 2. The van der Waals surface area contributed by atoms with Crippen molar-refractivity contribution in [3.8, 4) is 11.5 Å². The summed E-state index contributed by atoms with van der Waals surface area (Å²) in [6, 6.07) is 19.2. The number of aromatic nitrogens is 2. The molecule has 0 bridgehead atoms. The standard InChI is InChI=1S/C23H21Cl2N3O2/c1-29-22-10-15(12-26-13-23-27-19-4-2-3-5-20(19)28-23)6-9-21(22)30-14-16-7-8-17(24)11-18(16)25/h2-11,26H,12-14H2,1H3,(H,27,28). The molecule has 0 saturated carbocycles. The van der Waals surface area contributed by atoms with E-state index < -0.39 is 0 Å². The summed E-state index contributed by atoms with van der Waals surface area (Å²) in [4.78, 5) is 7.89. The summed E-state index contributed by atoms with van der Waals surface area (Å²) in [5.41, 5.74) is 3.95. The van der Waals surface area contributed by atoms with E-state index in [2.05, 4.69) is 15.3 Å². The van der Waals surface area contributed by atoms with Crippen LogP contribution in [-0.2, 0) is 19.7 Å². The van der Waals surface area contributed by atoms with E-state index in [1.807, 2.05) is 48.5 Å². The fourth-order valence-electron chi connectivity index (χ4n) is 3.15. The molecule has 1 heterocycles. The van der Waals surface area contributed by atoms with Gasteiger partial charge in [0, 0.05) is 22.2 Å². The first-order valence-corrected chi connectivity index (χ1v) is 10.3. The highest BCUT2D eigenvalue weighted by molar-refractivity contribution is 6.35. The van der Waals surface area contributed by atoms with Crippen LogP contribution >= 0.6 is 23.2 Å². The topological polar surface area (TPSA) is 59.2 Å². The lowest BCUT2D eigenvalue weighted by atomic mass is 10.2. The number of aromatic amines is 1. The van der Waals surface area contributed by atoms with Gasteiger partial charge < -0.3 is 19.8 Å². The van der Waals surface area contributed by atoms with Gasteiger partial charge in [0.25, 0.3) is 0 Å². The molecule has 0 radical (unpaired) electrons. The highest BCUT2D eigenvalue weighted by Crippen LogP contribution is 2.30. The quantitative estimate of drug-likeness (QED) is 0.365. The van der Waals surface area contributed by atoms with Gasteiger partial charge in [-0.2, -0.15) is 0 Å². The Hall–Kier alpha value is -2.73. The minimum Gasteiger partial charge on any atom is -0.493 e. The van der Waals surface area contributed by atoms with E-state index in [-0.39, 0.29) is 0 Å². The Morgan fingerprint density at radius 1 is 0.967 bits per heavy atom. The van der Waals surface area contributed by atoms with Crippen molar-refractivity contribution in [1.82, 2.24) is 15.3 Å². The zero-order chi connectivity index (χ0) is 20.9. The number of benzene rings is 3. The second-order valence-corrected chi connectivity index (χ2v) is 7.66.